The zero-order chi connectivity index (χ0) is 11.9. The summed E-state index contributed by atoms with van der Waals surface area (Å²) in [6, 6.07) is 11.4. The average Bonchev–Trinajstić information content (AvgIpc) is 2.40. The van der Waals surface area contributed by atoms with E-state index in [0.717, 1.165) is 6.42 Å². The molecule has 17 heavy (non-hydrogen) atoms. The fraction of sp³-hybridized carbons (Fsp3) is 0.600. The van der Waals surface area contributed by atoms with Gasteiger partial charge in [-0.05, 0) is 31.2 Å². The molecule has 1 fully saturated rings. The van der Waals surface area contributed by atoms with Crippen LogP contribution in [0.3, 0.4) is 0 Å². The first kappa shape index (κ1) is 12.6. The van der Waals surface area contributed by atoms with Crippen LogP contribution in [-0.2, 0) is 6.42 Å². The Bertz CT molecular complexity index is 304. The molecule has 94 valence electrons. The first-order chi connectivity index (χ1) is 8.38. The lowest BCUT2D eigenvalue weighted by molar-refractivity contribution is 0.126. The number of hydrazine groups is 1. The second-order valence-electron chi connectivity index (χ2n) is 4.97. The highest BCUT2D eigenvalue weighted by molar-refractivity contribution is 5.15. The maximum atomic E-state index is 3.69. The molecule has 2 nitrogen and oxygen atoms in total. The Hall–Kier alpha value is -0.860. The largest absolute Gasteiger partial charge is 0.252 e. The van der Waals surface area contributed by atoms with E-state index in [0.29, 0.717) is 6.04 Å². The van der Waals surface area contributed by atoms with Gasteiger partial charge in [-0.2, -0.15) is 0 Å². The number of nitrogens with one attached hydrogen (secondary N) is 1. The van der Waals surface area contributed by atoms with Crippen molar-refractivity contribution in [3.63, 3.8) is 0 Å². The van der Waals surface area contributed by atoms with Crippen LogP contribution in [0.2, 0.25) is 0 Å². The van der Waals surface area contributed by atoms with Crippen molar-refractivity contribution in [3.8, 4) is 0 Å². The second-order valence-corrected chi connectivity index (χ2v) is 4.97. The summed E-state index contributed by atoms with van der Waals surface area (Å²) < 4.78 is 0. The third-order valence-electron chi connectivity index (χ3n) is 3.54. The van der Waals surface area contributed by atoms with E-state index in [1.165, 1.54) is 44.3 Å². The average molecular weight is 232 g/mol. The minimum absolute atomic E-state index is 0.579. The van der Waals surface area contributed by atoms with Crippen molar-refractivity contribution in [1.29, 1.82) is 0 Å². The van der Waals surface area contributed by atoms with Crippen molar-refractivity contribution < 1.29 is 0 Å². The van der Waals surface area contributed by atoms with Gasteiger partial charge in [0, 0.05) is 19.1 Å². The Morgan fingerprint density at radius 1 is 1.12 bits per heavy atom. The van der Waals surface area contributed by atoms with Crippen molar-refractivity contribution in [3.05, 3.63) is 35.9 Å². The van der Waals surface area contributed by atoms with E-state index >= 15 is 0 Å². The summed E-state index contributed by atoms with van der Waals surface area (Å²) in [5, 5.41) is 2.42. The van der Waals surface area contributed by atoms with Gasteiger partial charge in [0.1, 0.15) is 0 Å². The van der Waals surface area contributed by atoms with E-state index < -0.39 is 0 Å². The van der Waals surface area contributed by atoms with Gasteiger partial charge in [0.15, 0.2) is 0 Å². The molecule has 1 N–H and O–H groups in total. The first-order valence-corrected chi connectivity index (χ1v) is 6.93. The van der Waals surface area contributed by atoms with Crippen LogP contribution in [0.5, 0.6) is 0 Å². The molecule has 1 atom stereocenters. The Balaban J connectivity index is 1.83. The van der Waals surface area contributed by atoms with Gasteiger partial charge in [0.25, 0.3) is 0 Å². The van der Waals surface area contributed by atoms with Crippen LogP contribution in [0.25, 0.3) is 0 Å². The van der Waals surface area contributed by atoms with Gasteiger partial charge >= 0.3 is 0 Å². The first-order valence-electron chi connectivity index (χ1n) is 6.93. The molecule has 1 aliphatic rings. The van der Waals surface area contributed by atoms with Crippen molar-refractivity contribution in [2.24, 2.45) is 0 Å². The summed E-state index contributed by atoms with van der Waals surface area (Å²) in [6.07, 6.45) is 6.40. The molecule has 1 aliphatic heterocycles. The lowest BCUT2D eigenvalue weighted by Crippen LogP contribution is -2.47. The van der Waals surface area contributed by atoms with E-state index in [-0.39, 0.29) is 0 Å². The normalized spacial score (nSPS) is 19.1. The molecular weight excluding hydrogens is 208 g/mol. The van der Waals surface area contributed by atoms with Crippen LogP contribution in [-0.4, -0.2) is 24.1 Å². The summed E-state index contributed by atoms with van der Waals surface area (Å²) >= 11 is 0. The van der Waals surface area contributed by atoms with E-state index in [9.17, 15) is 0 Å². The molecule has 1 saturated heterocycles. The zero-order valence-corrected chi connectivity index (χ0v) is 10.9. The topological polar surface area (TPSA) is 15.3 Å². The molecule has 2 heteroatoms. The smallest absolute Gasteiger partial charge is 0.0253 e. The SMILES string of the molecule is CCC(Cc1ccccc1)NN1CCCCC1. The Labute approximate surface area is 105 Å². The number of hydrogen-bond acceptors (Lipinski definition) is 2. The van der Waals surface area contributed by atoms with Gasteiger partial charge in [0.05, 0.1) is 0 Å². The second kappa shape index (κ2) is 6.77. The van der Waals surface area contributed by atoms with Gasteiger partial charge < -0.3 is 0 Å². The molecule has 1 aromatic rings. The maximum absolute atomic E-state index is 3.69. The van der Waals surface area contributed by atoms with Crippen molar-refractivity contribution in [1.82, 2.24) is 10.4 Å². The molecule has 0 spiro atoms. The van der Waals surface area contributed by atoms with Crippen LogP contribution in [0.4, 0.5) is 0 Å². The van der Waals surface area contributed by atoms with Crippen LogP contribution in [0.1, 0.15) is 38.2 Å². The molecule has 1 heterocycles. The summed E-state index contributed by atoms with van der Waals surface area (Å²) in [5.74, 6) is 0. The molecule has 0 bridgehead atoms. The number of piperidine rings is 1. The van der Waals surface area contributed by atoms with E-state index in [1.807, 2.05) is 0 Å². The van der Waals surface area contributed by atoms with E-state index in [1.54, 1.807) is 0 Å². The van der Waals surface area contributed by atoms with Crippen LogP contribution in [0, 0.1) is 0 Å². The quantitative estimate of drug-likeness (QED) is 0.839. The van der Waals surface area contributed by atoms with Gasteiger partial charge in [-0.15, -0.1) is 0 Å². The Kier molecular flexibility index (Phi) is 5.02. The molecule has 1 aromatic carbocycles. The predicted molar refractivity (Wildman–Crippen MR) is 72.8 cm³/mol. The van der Waals surface area contributed by atoms with E-state index in [4.69, 9.17) is 0 Å². The molecule has 0 radical (unpaired) electrons. The molecule has 1 unspecified atom stereocenters. The van der Waals surface area contributed by atoms with Crippen LogP contribution < -0.4 is 5.43 Å². The summed E-state index contributed by atoms with van der Waals surface area (Å²) in [7, 11) is 0. The molecule has 0 amide bonds. The minimum Gasteiger partial charge on any atom is -0.252 e. The Morgan fingerprint density at radius 3 is 2.47 bits per heavy atom. The summed E-state index contributed by atoms with van der Waals surface area (Å²) in [6.45, 7) is 4.70. The van der Waals surface area contributed by atoms with Gasteiger partial charge in [0.2, 0.25) is 0 Å². The fourth-order valence-electron chi connectivity index (χ4n) is 2.46. The van der Waals surface area contributed by atoms with Crippen molar-refractivity contribution >= 4 is 0 Å². The summed E-state index contributed by atoms with van der Waals surface area (Å²) in [5.41, 5.74) is 5.12. The van der Waals surface area contributed by atoms with Crippen LogP contribution >= 0.6 is 0 Å². The molecule has 0 saturated carbocycles. The lowest BCUT2D eigenvalue weighted by atomic mass is 10.0. The van der Waals surface area contributed by atoms with Gasteiger partial charge in [-0.25, -0.2) is 5.01 Å². The highest BCUT2D eigenvalue weighted by atomic mass is 15.5. The fourth-order valence-corrected chi connectivity index (χ4v) is 2.46. The number of hydrogen-bond donors (Lipinski definition) is 1. The summed E-state index contributed by atoms with van der Waals surface area (Å²) in [4.78, 5) is 0. The third kappa shape index (κ3) is 4.14. The number of nitrogens with zero attached hydrogens (tertiary/aromatic N) is 1. The monoisotopic (exact) mass is 232 g/mol. The lowest BCUT2D eigenvalue weighted by Gasteiger charge is -2.31. The molecule has 0 aliphatic carbocycles. The number of benzene rings is 1. The molecule has 0 aromatic heterocycles. The zero-order valence-electron chi connectivity index (χ0n) is 10.9. The van der Waals surface area contributed by atoms with Crippen LogP contribution in [0.15, 0.2) is 30.3 Å². The molecular formula is C15H24N2. The highest BCUT2D eigenvalue weighted by Gasteiger charge is 2.14. The van der Waals surface area contributed by atoms with Gasteiger partial charge in [-0.1, -0.05) is 43.7 Å². The maximum Gasteiger partial charge on any atom is 0.0253 e. The van der Waals surface area contributed by atoms with Crippen molar-refractivity contribution in [2.75, 3.05) is 13.1 Å². The van der Waals surface area contributed by atoms with Gasteiger partial charge in [-0.3, -0.25) is 5.43 Å². The standard InChI is InChI=1S/C15H24N2/c1-2-15(13-14-9-5-3-6-10-14)16-17-11-7-4-8-12-17/h3,5-6,9-10,15-16H,2,4,7-8,11-13H2,1H3. The number of rotatable bonds is 5. The predicted octanol–water partition coefficient (Wildman–Crippen LogP) is 3.00. The highest BCUT2D eigenvalue weighted by Crippen LogP contribution is 2.10. The molecule has 2 rings (SSSR count). The minimum atomic E-state index is 0.579. The van der Waals surface area contributed by atoms with E-state index in [2.05, 4.69) is 47.7 Å². The van der Waals surface area contributed by atoms with Crippen molar-refractivity contribution in [2.45, 2.75) is 45.1 Å². The Morgan fingerprint density at radius 2 is 1.82 bits per heavy atom. The third-order valence-corrected chi connectivity index (χ3v) is 3.54.